The van der Waals surface area contributed by atoms with E-state index in [0.29, 0.717) is 6.04 Å². The third-order valence-electron chi connectivity index (χ3n) is 3.75. The van der Waals surface area contributed by atoms with Crippen molar-refractivity contribution in [2.75, 3.05) is 26.2 Å². The van der Waals surface area contributed by atoms with Gasteiger partial charge in [-0.15, -0.1) is 0 Å². The molecule has 0 unspecified atom stereocenters. The van der Waals surface area contributed by atoms with Crippen LogP contribution < -0.4 is 5.32 Å². The third-order valence-corrected chi connectivity index (χ3v) is 5.63. The summed E-state index contributed by atoms with van der Waals surface area (Å²) in [7, 11) is 0. The minimum absolute atomic E-state index is 0.562. The summed E-state index contributed by atoms with van der Waals surface area (Å²) in [6.07, 6.45) is 3.81. The molecule has 0 spiro atoms. The highest BCUT2D eigenvalue weighted by Crippen LogP contribution is 2.31. The molecule has 1 aliphatic heterocycles. The molecule has 19 heavy (non-hydrogen) atoms. The molecule has 0 radical (unpaired) electrons. The van der Waals surface area contributed by atoms with Crippen LogP contribution in [0.4, 0.5) is 0 Å². The van der Waals surface area contributed by atoms with Crippen molar-refractivity contribution in [1.29, 1.82) is 0 Å². The highest BCUT2D eigenvalue weighted by atomic mass is 79.9. The molecule has 4 heteroatoms. The Hall–Kier alpha value is 0.1000. The van der Waals surface area contributed by atoms with Crippen LogP contribution in [-0.2, 0) is 0 Å². The normalized spacial score (nSPS) is 18.5. The van der Waals surface area contributed by atoms with Crippen molar-refractivity contribution in [2.24, 2.45) is 0 Å². The lowest BCUT2D eigenvalue weighted by Crippen LogP contribution is -2.45. The van der Waals surface area contributed by atoms with Crippen LogP contribution in [0.25, 0.3) is 0 Å². The van der Waals surface area contributed by atoms with Crippen LogP contribution in [0.2, 0.25) is 0 Å². The number of piperazine rings is 1. The fourth-order valence-corrected chi connectivity index (χ4v) is 3.31. The molecule has 106 valence electrons. The smallest absolute Gasteiger partial charge is 0.0349 e. The molecule has 1 atom stereocenters. The van der Waals surface area contributed by atoms with Crippen molar-refractivity contribution in [1.82, 2.24) is 10.2 Å². The summed E-state index contributed by atoms with van der Waals surface area (Å²) < 4.78 is 2.28. The van der Waals surface area contributed by atoms with Crippen LogP contribution >= 0.6 is 31.9 Å². The zero-order valence-electron chi connectivity index (χ0n) is 11.5. The summed E-state index contributed by atoms with van der Waals surface area (Å²) in [5.74, 6) is 0. The van der Waals surface area contributed by atoms with Gasteiger partial charge in [-0.3, -0.25) is 4.90 Å². The van der Waals surface area contributed by atoms with Crippen molar-refractivity contribution in [2.45, 2.75) is 32.2 Å². The number of hydrogen-bond acceptors (Lipinski definition) is 2. The van der Waals surface area contributed by atoms with Gasteiger partial charge in [0.05, 0.1) is 0 Å². The zero-order valence-corrected chi connectivity index (χ0v) is 14.6. The lowest BCUT2D eigenvalue weighted by atomic mass is 9.99. The first kappa shape index (κ1) is 15.5. The highest BCUT2D eigenvalue weighted by Gasteiger charge is 2.22. The van der Waals surface area contributed by atoms with E-state index in [1.807, 2.05) is 0 Å². The number of hydrogen-bond donors (Lipinski definition) is 1. The Balaban J connectivity index is 2.17. The Morgan fingerprint density at radius 2 is 1.95 bits per heavy atom. The lowest BCUT2D eigenvalue weighted by molar-refractivity contribution is 0.163. The topological polar surface area (TPSA) is 15.3 Å². The van der Waals surface area contributed by atoms with Gasteiger partial charge in [0.15, 0.2) is 0 Å². The van der Waals surface area contributed by atoms with Gasteiger partial charge < -0.3 is 5.32 Å². The fraction of sp³-hybridized carbons (Fsp3) is 0.600. The van der Waals surface area contributed by atoms with E-state index < -0.39 is 0 Å². The van der Waals surface area contributed by atoms with Crippen molar-refractivity contribution in [3.05, 3.63) is 32.7 Å². The number of benzene rings is 1. The summed E-state index contributed by atoms with van der Waals surface area (Å²) in [5.41, 5.74) is 1.44. The molecule has 0 bridgehead atoms. The standard InChI is InChI=1S/C15H22Br2N2/c1-2-3-4-15(19-9-7-18-8-10-19)12-5-6-13(16)14(17)11-12/h5-6,11,15,18H,2-4,7-10H2,1H3/t15-/m1/s1. The average molecular weight is 390 g/mol. The first-order chi connectivity index (χ1) is 9.22. The molecule has 0 amide bonds. The van der Waals surface area contributed by atoms with Crippen LogP contribution in [-0.4, -0.2) is 31.1 Å². The third kappa shape index (κ3) is 4.28. The quantitative estimate of drug-likeness (QED) is 0.805. The highest BCUT2D eigenvalue weighted by molar-refractivity contribution is 9.13. The summed E-state index contributed by atoms with van der Waals surface area (Å²) in [4.78, 5) is 2.63. The second-order valence-electron chi connectivity index (χ2n) is 5.12. The molecule has 1 saturated heterocycles. The monoisotopic (exact) mass is 388 g/mol. The maximum Gasteiger partial charge on any atom is 0.0349 e. The molecule has 0 aliphatic carbocycles. The SMILES string of the molecule is CCCC[C@H](c1ccc(Br)c(Br)c1)N1CCNCC1. The van der Waals surface area contributed by atoms with Crippen LogP contribution in [0.1, 0.15) is 37.8 Å². The van der Waals surface area contributed by atoms with Crippen molar-refractivity contribution >= 4 is 31.9 Å². The van der Waals surface area contributed by atoms with Gasteiger partial charge in [-0.1, -0.05) is 25.8 Å². The molecular weight excluding hydrogens is 368 g/mol. The van der Waals surface area contributed by atoms with E-state index >= 15 is 0 Å². The van der Waals surface area contributed by atoms with Crippen molar-refractivity contribution < 1.29 is 0 Å². The number of nitrogens with one attached hydrogen (secondary N) is 1. The van der Waals surface area contributed by atoms with E-state index in [9.17, 15) is 0 Å². The molecule has 1 heterocycles. The first-order valence-electron chi connectivity index (χ1n) is 7.12. The second kappa shape index (κ2) is 7.77. The van der Waals surface area contributed by atoms with Gasteiger partial charge in [0, 0.05) is 41.2 Å². The molecule has 2 nitrogen and oxygen atoms in total. The largest absolute Gasteiger partial charge is 0.314 e. The van der Waals surface area contributed by atoms with Crippen LogP contribution in [0.3, 0.4) is 0 Å². The van der Waals surface area contributed by atoms with E-state index in [1.54, 1.807) is 0 Å². The Morgan fingerprint density at radius 3 is 2.58 bits per heavy atom. The maximum absolute atomic E-state index is 3.63. The minimum Gasteiger partial charge on any atom is -0.314 e. The number of nitrogens with zero attached hydrogens (tertiary/aromatic N) is 1. The van der Waals surface area contributed by atoms with E-state index in [0.717, 1.165) is 35.1 Å². The van der Waals surface area contributed by atoms with Crippen LogP contribution in [0, 0.1) is 0 Å². The van der Waals surface area contributed by atoms with E-state index in [-0.39, 0.29) is 0 Å². The molecule has 0 saturated carbocycles. The number of unbranched alkanes of at least 4 members (excludes halogenated alkanes) is 1. The van der Waals surface area contributed by atoms with E-state index in [4.69, 9.17) is 0 Å². The van der Waals surface area contributed by atoms with Gasteiger partial charge in [-0.05, 0) is 56.0 Å². The molecule has 1 aromatic rings. The van der Waals surface area contributed by atoms with Crippen LogP contribution in [0.5, 0.6) is 0 Å². The Labute approximate surface area is 133 Å². The predicted octanol–water partition coefficient (Wildman–Crippen LogP) is 4.35. The van der Waals surface area contributed by atoms with Crippen molar-refractivity contribution in [3.8, 4) is 0 Å². The van der Waals surface area contributed by atoms with Gasteiger partial charge in [-0.2, -0.15) is 0 Å². The van der Waals surface area contributed by atoms with Crippen molar-refractivity contribution in [3.63, 3.8) is 0 Å². The molecule has 1 aromatic carbocycles. The molecule has 1 N–H and O–H groups in total. The summed E-state index contributed by atoms with van der Waals surface area (Å²) in [6.45, 7) is 6.80. The predicted molar refractivity (Wildman–Crippen MR) is 88.6 cm³/mol. The van der Waals surface area contributed by atoms with Crippen LogP contribution in [0.15, 0.2) is 27.1 Å². The summed E-state index contributed by atoms with van der Waals surface area (Å²) in [6, 6.07) is 7.25. The van der Waals surface area contributed by atoms with Gasteiger partial charge >= 0.3 is 0 Å². The van der Waals surface area contributed by atoms with E-state index in [2.05, 4.69) is 67.2 Å². The molecule has 1 aliphatic rings. The fourth-order valence-electron chi connectivity index (χ4n) is 2.67. The summed E-state index contributed by atoms with van der Waals surface area (Å²) >= 11 is 7.19. The molecule has 0 aromatic heterocycles. The lowest BCUT2D eigenvalue weighted by Gasteiger charge is -2.35. The van der Waals surface area contributed by atoms with E-state index in [1.165, 1.54) is 24.8 Å². The van der Waals surface area contributed by atoms with Gasteiger partial charge in [-0.25, -0.2) is 0 Å². The Kier molecular flexibility index (Phi) is 6.33. The van der Waals surface area contributed by atoms with Gasteiger partial charge in [0.2, 0.25) is 0 Å². The molecule has 1 fully saturated rings. The Morgan fingerprint density at radius 1 is 1.21 bits per heavy atom. The second-order valence-corrected chi connectivity index (χ2v) is 6.83. The Bertz CT molecular complexity index is 403. The number of halogens is 2. The van der Waals surface area contributed by atoms with Gasteiger partial charge in [0.1, 0.15) is 0 Å². The summed E-state index contributed by atoms with van der Waals surface area (Å²) in [5, 5.41) is 3.44. The zero-order chi connectivity index (χ0) is 13.7. The molecular formula is C15H22Br2N2. The minimum atomic E-state index is 0.562. The average Bonchev–Trinajstić information content (AvgIpc) is 2.44. The van der Waals surface area contributed by atoms with Gasteiger partial charge in [0.25, 0.3) is 0 Å². The first-order valence-corrected chi connectivity index (χ1v) is 8.70. The molecule has 2 rings (SSSR count). The number of rotatable bonds is 5. The maximum atomic E-state index is 3.63.